The van der Waals surface area contributed by atoms with Crippen LogP contribution in [0.25, 0.3) is 0 Å². The summed E-state index contributed by atoms with van der Waals surface area (Å²) in [7, 11) is 0. The molecule has 0 amide bonds. The predicted molar refractivity (Wildman–Crippen MR) is 129 cm³/mol. The summed E-state index contributed by atoms with van der Waals surface area (Å²) in [4.78, 5) is 13.7. The second-order valence-corrected chi connectivity index (χ2v) is 8.78. The zero-order chi connectivity index (χ0) is 22.1. The summed E-state index contributed by atoms with van der Waals surface area (Å²) >= 11 is 0. The Morgan fingerprint density at radius 2 is 1.53 bits per heavy atom. The lowest BCUT2D eigenvalue weighted by Crippen LogP contribution is -2.27. The lowest BCUT2D eigenvalue weighted by atomic mass is 9.78. The van der Waals surface area contributed by atoms with E-state index in [9.17, 15) is 4.79 Å². The Kier molecular flexibility index (Phi) is 5.44. The summed E-state index contributed by atoms with van der Waals surface area (Å²) in [6.07, 6.45) is 1.35. The Balaban J connectivity index is 1.63. The number of rotatable bonds is 4. The Bertz CT molecular complexity index is 1170. The number of anilines is 2. The number of benzene rings is 3. The highest BCUT2D eigenvalue weighted by Gasteiger charge is 2.37. The average molecular weight is 425 g/mol. The molecule has 32 heavy (non-hydrogen) atoms. The molecule has 1 aliphatic heterocycles. The summed E-state index contributed by atoms with van der Waals surface area (Å²) < 4.78 is 6.14. The Morgan fingerprint density at radius 3 is 2.31 bits per heavy atom. The molecular formula is C28H28N2O2. The molecule has 4 heteroatoms. The summed E-state index contributed by atoms with van der Waals surface area (Å²) in [6.45, 7) is 4.05. The summed E-state index contributed by atoms with van der Waals surface area (Å²) in [5, 5.41) is 7.26. The molecule has 0 spiro atoms. The Morgan fingerprint density at radius 1 is 0.844 bits per heavy atom. The Labute approximate surface area is 189 Å². The molecule has 3 aromatic carbocycles. The van der Waals surface area contributed by atoms with Gasteiger partial charge in [-0.25, -0.2) is 0 Å². The van der Waals surface area contributed by atoms with Gasteiger partial charge >= 0.3 is 0 Å². The minimum atomic E-state index is -0.277. The van der Waals surface area contributed by atoms with Crippen molar-refractivity contribution >= 4 is 17.2 Å². The molecule has 0 bridgehead atoms. The van der Waals surface area contributed by atoms with Crippen molar-refractivity contribution in [2.75, 3.05) is 10.6 Å². The van der Waals surface area contributed by atoms with E-state index in [1.807, 2.05) is 62.4 Å². The van der Waals surface area contributed by atoms with E-state index in [1.54, 1.807) is 0 Å². The molecule has 1 aliphatic carbocycles. The molecule has 1 heterocycles. The van der Waals surface area contributed by atoms with E-state index < -0.39 is 0 Å². The smallest absolute Gasteiger partial charge is 0.163 e. The van der Waals surface area contributed by atoms with Crippen LogP contribution < -0.4 is 15.4 Å². The average Bonchev–Trinajstić information content (AvgIpc) is 2.96. The number of allylic oxidation sites excluding steroid dienone is 1. The normalized spacial score (nSPS) is 20.0. The second-order valence-electron chi connectivity index (χ2n) is 8.78. The number of hydrogen-bond donors (Lipinski definition) is 2. The van der Waals surface area contributed by atoms with E-state index >= 15 is 0 Å². The van der Waals surface area contributed by atoms with Crippen LogP contribution in [0.5, 0.6) is 5.75 Å². The number of ketones is 1. The van der Waals surface area contributed by atoms with E-state index in [2.05, 4.69) is 41.0 Å². The maximum atomic E-state index is 13.7. The number of fused-ring (bicyclic) bond motifs is 1. The first-order valence-corrected chi connectivity index (χ1v) is 11.3. The number of carbonyl (C=O) groups excluding carboxylic acids is 1. The van der Waals surface area contributed by atoms with Crippen LogP contribution in [0.1, 0.15) is 49.8 Å². The van der Waals surface area contributed by atoms with Crippen LogP contribution in [-0.4, -0.2) is 11.9 Å². The van der Waals surface area contributed by atoms with Crippen molar-refractivity contribution in [3.8, 4) is 5.75 Å². The Hall–Kier alpha value is -3.53. The first-order chi connectivity index (χ1) is 15.6. The highest BCUT2D eigenvalue weighted by Crippen LogP contribution is 2.45. The van der Waals surface area contributed by atoms with Crippen LogP contribution in [0.15, 0.2) is 90.1 Å². The minimum absolute atomic E-state index is 0.0466. The fourth-order valence-electron chi connectivity index (χ4n) is 4.77. The fraction of sp³-hybridized carbons (Fsp3) is 0.250. The molecule has 162 valence electrons. The van der Waals surface area contributed by atoms with Crippen molar-refractivity contribution in [3.05, 3.63) is 101 Å². The van der Waals surface area contributed by atoms with Crippen molar-refractivity contribution in [1.82, 2.24) is 0 Å². The first-order valence-electron chi connectivity index (χ1n) is 11.3. The zero-order valence-electron chi connectivity index (χ0n) is 18.5. The lowest BCUT2D eigenvalue weighted by molar-refractivity contribution is -0.116. The quantitative estimate of drug-likeness (QED) is 0.505. The number of Topliss-reactive ketones (excluding diaryl/α,β-unsaturated/α-hetero) is 1. The molecule has 0 saturated carbocycles. The molecule has 0 saturated heterocycles. The molecule has 0 radical (unpaired) electrons. The summed E-state index contributed by atoms with van der Waals surface area (Å²) in [6, 6.07) is 26.3. The van der Waals surface area contributed by atoms with Gasteiger partial charge in [0.15, 0.2) is 5.78 Å². The van der Waals surface area contributed by atoms with Gasteiger partial charge in [0.25, 0.3) is 0 Å². The maximum Gasteiger partial charge on any atom is 0.163 e. The van der Waals surface area contributed by atoms with Gasteiger partial charge in [-0.1, -0.05) is 60.7 Å². The van der Waals surface area contributed by atoms with Gasteiger partial charge in [-0.15, -0.1) is 0 Å². The third-order valence-electron chi connectivity index (χ3n) is 6.17. The van der Waals surface area contributed by atoms with Crippen LogP contribution in [0.2, 0.25) is 0 Å². The molecule has 4 nitrogen and oxygen atoms in total. The number of carbonyl (C=O) groups is 1. The predicted octanol–water partition coefficient (Wildman–Crippen LogP) is 6.45. The largest absolute Gasteiger partial charge is 0.491 e. The van der Waals surface area contributed by atoms with Crippen molar-refractivity contribution in [2.24, 2.45) is 0 Å². The highest BCUT2D eigenvalue weighted by atomic mass is 16.5. The molecule has 2 atom stereocenters. The molecule has 2 N–H and O–H groups in total. The summed E-state index contributed by atoms with van der Waals surface area (Å²) in [5.41, 5.74) is 5.98. The topological polar surface area (TPSA) is 50.4 Å². The van der Waals surface area contributed by atoms with Crippen LogP contribution >= 0.6 is 0 Å². The summed E-state index contributed by atoms with van der Waals surface area (Å²) in [5.74, 6) is 1.16. The van der Waals surface area contributed by atoms with E-state index in [0.29, 0.717) is 6.42 Å². The van der Waals surface area contributed by atoms with Crippen LogP contribution in [0, 0.1) is 0 Å². The van der Waals surface area contributed by atoms with Crippen LogP contribution in [0.3, 0.4) is 0 Å². The van der Waals surface area contributed by atoms with E-state index in [-0.39, 0.29) is 23.8 Å². The molecule has 0 unspecified atom stereocenters. The fourth-order valence-corrected chi connectivity index (χ4v) is 4.77. The standard InChI is InChI=1S/C28H28N2O2/c1-18(2)32-26-15-9-6-12-21(26)28-27-24(29-22-13-7-8-14-23(22)30-28)16-20(17-25(27)31)19-10-4-3-5-11-19/h3-15,18,20,28-30H,16-17H2,1-2H3/t20-,28+/m1/s1. The van der Waals surface area contributed by atoms with Gasteiger partial charge in [-0.05, 0) is 49.9 Å². The molecule has 5 rings (SSSR count). The highest BCUT2D eigenvalue weighted by molar-refractivity contribution is 6.01. The first kappa shape index (κ1) is 20.4. The van der Waals surface area contributed by atoms with Crippen LogP contribution in [0.4, 0.5) is 11.4 Å². The SMILES string of the molecule is CC(C)Oc1ccccc1[C@@H]1Nc2ccccc2NC2=C1C(=O)C[C@H](c1ccccc1)C2. The van der Waals surface area contributed by atoms with E-state index in [1.165, 1.54) is 5.56 Å². The molecule has 0 aromatic heterocycles. The minimum Gasteiger partial charge on any atom is -0.491 e. The molecule has 3 aromatic rings. The lowest BCUT2D eigenvalue weighted by Gasteiger charge is -2.30. The third kappa shape index (κ3) is 3.89. The van der Waals surface area contributed by atoms with Gasteiger partial charge in [0.05, 0.1) is 23.5 Å². The van der Waals surface area contributed by atoms with Gasteiger partial charge in [0.1, 0.15) is 5.75 Å². The maximum absolute atomic E-state index is 13.7. The molecule has 2 aliphatic rings. The van der Waals surface area contributed by atoms with Crippen molar-refractivity contribution in [1.29, 1.82) is 0 Å². The van der Waals surface area contributed by atoms with Gasteiger partial charge < -0.3 is 15.4 Å². The van der Waals surface area contributed by atoms with Gasteiger partial charge in [0.2, 0.25) is 0 Å². The number of para-hydroxylation sites is 3. The second kappa shape index (κ2) is 8.54. The van der Waals surface area contributed by atoms with Crippen molar-refractivity contribution in [3.63, 3.8) is 0 Å². The van der Waals surface area contributed by atoms with E-state index in [4.69, 9.17) is 4.74 Å². The molecule has 0 fully saturated rings. The monoisotopic (exact) mass is 424 g/mol. The van der Waals surface area contributed by atoms with Gasteiger partial charge in [-0.3, -0.25) is 4.79 Å². The van der Waals surface area contributed by atoms with Crippen molar-refractivity contribution in [2.45, 2.75) is 44.8 Å². The van der Waals surface area contributed by atoms with Gasteiger partial charge in [0, 0.05) is 23.3 Å². The number of ether oxygens (including phenoxy) is 1. The van der Waals surface area contributed by atoms with E-state index in [0.717, 1.165) is 40.4 Å². The van der Waals surface area contributed by atoms with Crippen LogP contribution in [-0.2, 0) is 4.79 Å². The number of nitrogens with one attached hydrogen (secondary N) is 2. The van der Waals surface area contributed by atoms with Crippen molar-refractivity contribution < 1.29 is 9.53 Å². The zero-order valence-corrected chi connectivity index (χ0v) is 18.5. The number of hydrogen-bond acceptors (Lipinski definition) is 4. The molecular weight excluding hydrogens is 396 g/mol. The third-order valence-corrected chi connectivity index (χ3v) is 6.17. The van der Waals surface area contributed by atoms with Gasteiger partial charge in [-0.2, -0.15) is 0 Å².